The van der Waals surface area contributed by atoms with Crippen LogP contribution in [0.2, 0.25) is 0 Å². The summed E-state index contributed by atoms with van der Waals surface area (Å²) in [4.78, 5) is 13.9. The Balaban J connectivity index is 1.99. The number of amides is 1. The summed E-state index contributed by atoms with van der Waals surface area (Å²) in [6.07, 6.45) is 0. The molecule has 0 aliphatic carbocycles. The highest BCUT2D eigenvalue weighted by Crippen LogP contribution is 2.11. The van der Waals surface area contributed by atoms with Gasteiger partial charge in [0.2, 0.25) is 0 Å². The summed E-state index contributed by atoms with van der Waals surface area (Å²) in [6, 6.07) is 8.43. The predicted molar refractivity (Wildman–Crippen MR) is 72.6 cm³/mol. The Bertz CT molecular complexity index is 402. The van der Waals surface area contributed by atoms with Crippen molar-refractivity contribution < 1.29 is 4.79 Å². The first-order chi connectivity index (χ1) is 8.70. The number of rotatable bonds is 3. The number of benzene rings is 1. The molecule has 1 aromatic carbocycles. The van der Waals surface area contributed by atoms with Gasteiger partial charge in [-0.1, -0.05) is 12.1 Å². The lowest BCUT2D eigenvalue weighted by Gasteiger charge is -2.33. The van der Waals surface area contributed by atoms with E-state index in [1.54, 1.807) is 7.05 Å². The number of hydrogen-bond acceptors (Lipinski definition) is 3. The van der Waals surface area contributed by atoms with Gasteiger partial charge in [-0.05, 0) is 24.6 Å². The van der Waals surface area contributed by atoms with Crippen LogP contribution in [0, 0.1) is 0 Å². The van der Waals surface area contributed by atoms with Gasteiger partial charge >= 0.3 is 0 Å². The summed E-state index contributed by atoms with van der Waals surface area (Å²) in [5.41, 5.74) is 1.98. The Morgan fingerprint density at radius 2 is 2.17 bits per heavy atom. The van der Waals surface area contributed by atoms with Crippen LogP contribution in [0.15, 0.2) is 24.3 Å². The molecule has 0 bridgehead atoms. The number of nitrogens with one attached hydrogen (secondary N) is 2. The first-order valence-electron chi connectivity index (χ1n) is 6.46. The monoisotopic (exact) mass is 247 g/mol. The van der Waals surface area contributed by atoms with Gasteiger partial charge in [0.25, 0.3) is 5.91 Å². The summed E-state index contributed by atoms with van der Waals surface area (Å²) in [5, 5.41) is 6.02. The van der Waals surface area contributed by atoms with Crippen LogP contribution >= 0.6 is 0 Å². The average molecular weight is 247 g/mol. The van der Waals surface area contributed by atoms with E-state index in [-0.39, 0.29) is 5.91 Å². The molecule has 98 valence electrons. The van der Waals surface area contributed by atoms with Gasteiger partial charge in [0, 0.05) is 44.8 Å². The lowest BCUT2D eigenvalue weighted by Crippen LogP contribution is -2.49. The maximum atomic E-state index is 11.4. The number of carbonyl (C=O) groups is 1. The molecule has 18 heavy (non-hydrogen) atoms. The first kappa shape index (κ1) is 13.1. The minimum absolute atomic E-state index is 0.0305. The van der Waals surface area contributed by atoms with Crippen molar-refractivity contribution in [2.24, 2.45) is 0 Å². The van der Waals surface area contributed by atoms with Crippen molar-refractivity contribution in [1.29, 1.82) is 0 Å². The second-order valence-corrected chi connectivity index (χ2v) is 4.80. The summed E-state index contributed by atoms with van der Waals surface area (Å²) in [7, 11) is 1.65. The SMILES string of the molecule is CNC(=O)c1ccc(CN2CCNC[C@@H]2C)cc1. The first-order valence-corrected chi connectivity index (χ1v) is 6.46. The molecule has 0 spiro atoms. The van der Waals surface area contributed by atoms with Gasteiger partial charge in [-0.3, -0.25) is 9.69 Å². The third kappa shape index (κ3) is 3.09. The van der Waals surface area contributed by atoms with Gasteiger partial charge < -0.3 is 10.6 Å². The van der Waals surface area contributed by atoms with E-state index in [1.165, 1.54) is 5.56 Å². The van der Waals surface area contributed by atoms with Crippen LogP contribution in [-0.2, 0) is 6.54 Å². The van der Waals surface area contributed by atoms with Crippen LogP contribution < -0.4 is 10.6 Å². The maximum absolute atomic E-state index is 11.4. The number of carbonyl (C=O) groups excluding carboxylic acids is 1. The fraction of sp³-hybridized carbons (Fsp3) is 0.500. The second-order valence-electron chi connectivity index (χ2n) is 4.80. The summed E-state index contributed by atoms with van der Waals surface area (Å²) < 4.78 is 0. The van der Waals surface area contributed by atoms with Crippen molar-refractivity contribution in [2.45, 2.75) is 19.5 Å². The lowest BCUT2D eigenvalue weighted by molar-refractivity contribution is 0.0963. The summed E-state index contributed by atoms with van der Waals surface area (Å²) in [5.74, 6) is -0.0305. The van der Waals surface area contributed by atoms with E-state index in [0.717, 1.165) is 31.7 Å². The smallest absolute Gasteiger partial charge is 0.251 e. The molecule has 2 N–H and O–H groups in total. The molecule has 1 aliphatic rings. The zero-order valence-electron chi connectivity index (χ0n) is 11.1. The molecule has 0 unspecified atom stereocenters. The van der Waals surface area contributed by atoms with Crippen LogP contribution in [0.4, 0.5) is 0 Å². The van der Waals surface area contributed by atoms with E-state index in [9.17, 15) is 4.79 Å². The largest absolute Gasteiger partial charge is 0.355 e. The summed E-state index contributed by atoms with van der Waals surface area (Å²) >= 11 is 0. The van der Waals surface area contributed by atoms with Crippen molar-refractivity contribution in [3.05, 3.63) is 35.4 Å². The zero-order valence-corrected chi connectivity index (χ0v) is 11.1. The van der Waals surface area contributed by atoms with Crippen LogP contribution in [0.3, 0.4) is 0 Å². The minimum Gasteiger partial charge on any atom is -0.355 e. The van der Waals surface area contributed by atoms with Crippen molar-refractivity contribution in [1.82, 2.24) is 15.5 Å². The predicted octanol–water partition coefficient (Wildman–Crippen LogP) is 0.840. The van der Waals surface area contributed by atoms with E-state index in [0.29, 0.717) is 6.04 Å². The molecular formula is C14H21N3O. The maximum Gasteiger partial charge on any atom is 0.251 e. The highest BCUT2D eigenvalue weighted by molar-refractivity contribution is 5.93. The molecule has 1 saturated heterocycles. The third-order valence-electron chi connectivity index (χ3n) is 3.47. The minimum atomic E-state index is -0.0305. The molecule has 1 atom stereocenters. The number of nitrogens with zero attached hydrogens (tertiary/aromatic N) is 1. The van der Waals surface area contributed by atoms with Gasteiger partial charge in [-0.2, -0.15) is 0 Å². The van der Waals surface area contributed by atoms with Gasteiger partial charge in [0.1, 0.15) is 0 Å². The molecule has 0 saturated carbocycles. The topological polar surface area (TPSA) is 44.4 Å². The highest BCUT2D eigenvalue weighted by atomic mass is 16.1. The fourth-order valence-corrected chi connectivity index (χ4v) is 2.26. The van der Waals surface area contributed by atoms with E-state index in [2.05, 4.69) is 22.5 Å². The van der Waals surface area contributed by atoms with E-state index in [4.69, 9.17) is 0 Å². The van der Waals surface area contributed by atoms with Gasteiger partial charge in [0.05, 0.1) is 0 Å². The number of piperazine rings is 1. The van der Waals surface area contributed by atoms with E-state index >= 15 is 0 Å². The summed E-state index contributed by atoms with van der Waals surface area (Å²) in [6.45, 7) is 6.39. The van der Waals surface area contributed by atoms with Crippen molar-refractivity contribution in [3.63, 3.8) is 0 Å². The molecule has 1 amide bonds. The van der Waals surface area contributed by atoms with E-state index in [1.807, 2.05) is 24.3 Å². The van der Waals surface area contributed by atoms with Crippen molar-refractivity contribution in [3.8, 4) is 0 Å². The van der Waals surface area contributed by atoms with Gasteiger partial charge in [-0.15, -0.1) is 0 Å². The molecule has 1 aromatic rings. The molecule has 4 nitrogen and oxygen atoms in total. The Labute approximate surface area is 108 Å². The quantitative estimate of drug-likeness (QED) is 0.832. The van der Waals surface area contributed by atoms with E-state index < -0.39 is 0 Å². The third-order valence-corrected chi connectivity index (χ3v) is 3.47. The Morgan fingerprint density at radius 3 is 2.78 bits per heavy atom. The van der Waals surface area contributed by atoms with Crippen LogP contribution in [0.5, 0.6) is 0 Å². The highest BCUT2D eigenvalue weighted by Gasteiger charge is 2.17. The average Bonchev–Trinajstić information content (AvgIpc) is 2.41. The van der Waals surface area contributed by atoms with Crippen molar-refractivity contribution >= 4 is 5.91 Å². The Kier molecular flexibility index (Phi) is 4.33. The molecule has 1 heterocycles. The molecule has 0 aromatic heterocycles. The fourth-order valence-electron chi connectivity index (χ4n) is 2.26. The van der Waals surface area contributed by atoms with Crippen LogP contribution in [-0.4, -0.2) is 43.5 Å². The lowest BCUT2D eigenvalue weighted by atomic mass is 10.1. The van der Waals surface area contributed by atoms with Crippen molar-refractivity contribution in [2.75, 3.05) is 26.7 Å². The second kappa shape index (κ2) is 5.98. The van der Waals surface area contributed by atoms with Gasteiger partial charge in [0.15, 0.2) is 0 Å². The normalized spacial score (nSPS) is 20.7. The van der Waals surface area contributed by atoms with Gasteiger partial charge in [-0.25, -0.2) is 0 Å². The Hall–Kier alpha value is -1.39. The molecule has 1 aliphatic heterocycles. The molecule has 4 heteroatoms. The molecule has 2 rings (SSSR count). The van der Waals surface area contributed by atoms with Crippen LogP contribution in [0.25, 0.3) is 0 Å². The molecule has 1 fully saturated rings. The standard InChI is InChI=1S/C14H21N3O/c1-11-9-16-7-8-17(11)10-12-3-5-13(6-4-12)14(18)15-2/h3-6,11,16H,7-10H2,1-2H3,(H,15,18)/t11-/m0/s1. The number of hydrogen-bond donors (Lipinski definition) is 2. The van der Waals surface area contributed by atoms with Crippen LogP contribution in [0.1, 0.15) is 22.8 Å². The molecule has 0 radical (unpaired) electrons. The molecular weight excluding hydrogens is 226 g/mol. The Morgan fingerprint density at radius 1 is 1.44 bits per heavy atom. The zero-order chi connectivity index (χ0) is 13.0.